The van der Waals surface area contributed by atoms with Crippen molar-refractivity contribution in [1.82, 2.24) is 15.5 Å². The molecule has 1 N–H and O–H groups in total. The lowest BCUT2D eigenvalue weighted by Crippen LogP contribution is -2.26. The van der Waals surface area contributed by atoms with Crippen LogP contribution in [0.15, 0.2) is 35.5 Å². The normalized spacial score (nSPS) is 10.7. The van der Waals surface area contributed by atoms with Crippen LogP contribution in [0, 0.1) is 0 Å². The number of carbonyl (C=O) groups is 1. The first kappa shape index (κ1) is 14.7. The standard InChI is InChI=1S/C14H17N3O2S/c1-19-8-4-7-15-13(18)10-20-14-12-6-3-2-5-11(12)9-16-17-14/h2-3,5-6,9H,4,7-8,10H2,1H3,(H,15,18). The average Bonchev–Trinajstić information content (AvgIpc) is 2.49. The van der Waals surface area contributed by atoms with Crippen LogP contribution < -0.4 is 5.32 Å². The lowest BCUT2D eigenvalue weighted by atomic mass is 10.2. The molecule has 106 valence electrons. The van der Waals surface area contributed by atoms with Gasteiger partial charge in [-0.15, -0.1) is 5.10 Å². The van der Waals surface area contributed by atoms with E-state index in [-0.39, 0.29) is 5.91 Å². The fraction of sp³-hybridized carbons (Fsp3) is 0.357. The maximum absolute atomic E-state index is 11.7. The predicted molar refractivity (Wildman–Crippen MR) is 79.8 cm³/mol. The van der Waals surface area contributed by atoms with Crippen molar-refractivity contribution in [1.29, 1.82) is 0 Å². The Kier molecular flexibility index (Phi) is 5.76. The van der Waals surface area contributed by atoms with Crippen LogP contribution in [0.25, 0.3) is 10.8 Å². The first-order chi connectivity index (χ1) is 9.81. The van der Waals surface area contributed by atoms with Crippen molar-refractivity contribution < 1.29 is 9.53 Å². The highest BCUT2D eigenvalue weighted by Gasteiger charge is 2.07. The highest BCUT2D eigenvalue weighted by Crippen LogP contribution is 2.24. The number of ether oxygens (including phenoxy) is 1. The molecule has 2 aromatic rings. The van der Waals surface area contributed by atoms with Gasteiger partial charge in [-0.2, -0.15) is 5.10 Å². The Labute approximate surface area is 122 Å². The molecule has 20 heavy (non-hydrogen) atoms. The van der Waals surface area contributed by atoms with Gasteiger partial charge in [0.15, 0.2) is 0 Å². The van der Waals surface area contributed by atoms with Crippen LogP contribution in [-0.4, -0.2) is 42.1 Å². The van der Waals surface area contributed by atoms with Crippen molar-refractivity contribution in [3.8, 4) is 0 Å². The maximum Gasteiger partial charge on any atom is 0.230 e. The largest absolute Gasteiger partial charge is 0.385 e. The Hall–Kier alpha value is -1.66. The summed E-state index contributed by atoms with van der Waals surface area (Å²) in [7, 11) is 1.65. The van der Waals surface area contributed by atoms with Gasteiger partial charge in [0.1, 0.15) is 5.03 Å². The smallest absolute Gasteiger partial charge is 0.230 e. The molecule has 1 amide bonds. The molecule has 0 fully saturated rings. The number of benzene rings is 1. The number of methoxy groups -OCH3 is 1. The summed E-state index contributed by atoms with van der Waals surface area (Å²) in [4.78, 5) is 11.7. The number of nitrogens with zero attached hydrogens (tertiary/aromatic N) is 2. The minimum Gasteiger partial charge on any atom is -0.385 e. The second-order valence-corrected chi connectivity index (χ2v) is 5.19. The van der Waals surface area contributed by atoms with Crippen LogP contribution in [0.3, 0.4) is 0 Å². The van der Waals surface area contributed by atoms with Gasteiger partial charge < -0.3 is 10.1 Å². The van der Waals surface area contributed by atoms with E-state index in [1.165, 1.54) is 11.8 Å². The van der Waals surface area contributed by atoms with Crippen molar-refractivity contribution in [3.05, 3.63) is 30.5 Å². The zero-order valence-corrected chi connectivity index (χ0v) is 12.2. The Morgan fingerprint density at radius 3 is 3.10 bits per heavy atom. The van der Waals surface area contributed by atoms with Crippen LogP contribution in [0.2, 0.25) is 0 Å². The number of fused-ring (bicyclic) bond motifs is 1. The van der Waals surface area contributed by atoms with Crippen LogP contribution in [-0.2, 0) is 9.53 Å². The molecule has 0 unspecified atom stereocenters. The summed E-state index contributed by atoms with van der Waals surface area (Å²) in [5.41, 5.74) is 0. The summed E-state index contributed by atoms with van der Waals surface area (Å²) in [5.74, 6) is 0.344. The summed E-state index contributed by atoms with van der Waals surface area (Å²) in [6.45, 7) is 1.29. The molecule has 1 aromatic carbocycles. The Morgan fingerprint density at radius 1 is 1.40 bits per heavy atom. The lowest BCUT2D eigenvalue weighted by Gasteiger charge is -2.05. The van der Waals surface area contributed by atoms with Gasteiger partial charge in [-0.05, 0) is 6.42 Å². The molecule has 0 saturated carbocycles. The summed E-state index contributed by atoms with van der Waals surface area (Å²) in [6, 6.07) is 7.89. The molecular weight excluding hydrogens is 274 g/mol. The molecule has 0 aliphatic rings. The third kappa shape index (κ3) is 4.18. The van der Waals surface area contributed by atoms with E-state index in [0.717, 1.165) is 22.2 Å². The van der Waals surface area contributed by atoms with Gasteiger partial charge in [0.25, 0.3) is 0 Å². The zero-order valence-electron chi connectivity index (χ0n) is 11.3. The molecule has 2 rings (SSSR count). The maximum atomic E-state index is 11.7. The van der Waals surface area contributed by atoms with Crippen LogP contribution in [0.4, 0.5) is 0 Å². The SMILES string of the molecule is COCCCNC(=O)CSc1nncc2ccccc12. The van der Waals surface area contributed by atoms with Crippen molar-refractivity contribution in [2.24, 2.45) is 0 Å². The highest BCUT2D eigenvalue weighted by atomic mass is 32.2. The van der Waals surface area contributed by atoms with Gasteiger partial charge in [0, 0.05) is 31.0 Å². The lowest BCUT2D eigenvalue weighted by molar-refractivity contribution is -0.118. The number of aromatic nitrogens is 2. The van der Waals surface area contributed by atoms with E-state index in [1.807, 2.05) is 24.3 Å². The first-order valence-corrected chi connectivity index (χ1v) is 7.38. The fourth-order valence-electron chi connectivity index (χ4n) is 1.74. The quantitative estimate of drug-likeness (QED) is 0.623. The third-order valence-corrected chi connectivity index (χ3v) is 3.71. The number of carbonyl (C=O) groups excluding carboxylic acids is 1. The number of hydrogen-bond acceptors (Lipinski definition) is 5. The molecule has 6 heteroatoms. The molecule has 0 spiro atoms. The molecule has 0 radical (unpaired) electrons. The summed E-state index contributed by atoms with van der Waals surface area (Å²) in [6.07, 6.45) is 2.55. The number of rotatable bonds is 7. The fourth-order valence-corrected chi connectivity index (χ4v) is 2.55. The topological polar surface area (TPSA) is 64.1 Å². The minimum atomic E-state index is 0.000775. The number of hydrogen-bond donors (Lipinski definition) is 1. The van der Waals surface area contributed by atoms with E-state index in [0.29, 0.717) is 18.9 Å². The van der Waals surface area contributed by atoms with Crippen LogP contribution >= 0.6 is 11.8 Å². The Bertz CT molecular complexity index is 572. The van der Waals surface area contributed by atoms with E-state index < -0.39 is 0 Å². The number of amides is 1. The Balaban J connectivity index is 1.88. The van der Waals surface area contributed by atoms with E-state index in [2.05, 4.69) is 15.5 Å². The van der Waals surface area contributed by atoms with E-state index in [1.54, 1.807) is 13.3 Å². The first-order valence-electron chi connectivity index (χ1n) is 6.40. The van der Waals surface area contributed by atoms with E-state index >= 15 is 0 Å². The highest BCUT2D eigenvalue weighted by molar-refractivity contribution is 8.00. The predicted octanol–water partition coefficient (Wildman–Crippen LogP) is 1.87. The molecule has 1 heterocycles. The van der Waals surface area contributed by atoms with Crippen molar-refractivity contribution >= 4 is 28.4 Å². The molecular formula is C14H17N3O2S. The minimum absolute atomic E-state index is 0.000775. The average molecular weight is 291 g/mol. The van der Waals surface area contributed by atoms with Crippen LogP contribution in [0.1, 0.15) is 6.42 Å². The summed E-state index contributed by atoms with van der Waals surface area (Å²) >= 11 is 1.40. The van der Waals surface area contributed by atoms with Crippen molar-refractivity contribution in [3.63, 3.8) is 0 Å². The second-order valence-electron chi connectivity index (χ2n) is 4.22. The van der Waals surface area contributed by atoms with Crippen LogP contribution in [0.5, 0.6) is 0 Å². The van der Waals surface area contributed by atoms with Crippen molar-refractivity contribution in [2.45, 2.75) is 11.4 Å². The van der Waals surface area contributed by atoms with Crippen molar-refractivity contribution in [2.75, 3.05) is 26.0 Å². The molecule has 0 aliphatic carbocycles. The molecule has 1 aromatic heterocycles. The van der Waals surface area contributed by atoms with Gasteiger partial charge in [-0.25, -0.2) is 0 Å². The molecule has 0 bridgehead atoms. The molecule has 0 aliphatic heterocycles. The van der Waals surface area contributed by atoms with Gasteiger partial charge in [0.2, 0.25) is 5.91 Å². The van der Waals surface area contributed by atoms with E-state index in [4.69, 9.17) is 4.74 Å². The van der Waals surface area contributed by atoms with Gasteiger partial charge in [-0.1, -0.05) is 36.0 Å². The monoisotopic (exact) mass is 291 g/mol. The second kappa shape index (κ2) is 7.81. The number of thioether (sulfide) groups is 1. The summed E-state index contributed by atoms with van der Waals surface area (Å²) < 4.78 is 4.93. The summed E-state index contributed by atoms with van der Waals surface area (Å²) in [5, 5.41) is 13.8. The number of nitrogens with one attached hydrogen (secondary N) is 1. The third-order valence-electron chi connectivity index (χ3n) is 2.72. The van der Waals surface area contributed by atoms with Gasteiger partial charge >= 0.3 is 0 Å². The van der Waals surface area contributed by atoms with Gasteiger partial charge in [-0.3, -0.25) is 4.79 Å². The molecule has 0 saturated heterocycles. The molecule has 5 nitrogen and oxygen atoms in total. The zero-order chi connectivity index (χ0) is 14.2. The van der Waals surface area contributed by atoms with E-state index in [9.17, 15) is 4.79 Å². The Morgan fingerprint density at radius 2 is 2.25 bits per heavy atom. The van der Waals surface area contributed by atoms with Gasteiger partial charge in [0.05, 0.1) is 11.9 Å². The molecule has 0 atom stereocenters.